The van der Waals surface area contributed by atoms with Crippen LogP contribution < -0.4 is 10.2 Å². The summed E-state index contributed by atoms with van der Waals surface area (Å²) in [5, 5.41) is 5.50. The molecule has 0 unspecified atom stereocenters. The van der Waals surface area contributed by atoms with Crippen molar-refractivity contribution >= 4 is 22.8 Å². The maximum Gasteiger partial charge on any atom is 0.126 e. The lowest BCUT2D eigenvalue weighted by Gasteiger charge is -2.28. The molecule has 0 atom stereocenters. The number of aryl methyl sites for hydroxylation is 1. The van der Waals surface area contributed by atoms with Crippen molar-refractivity contribution in [1.29, 1.82) is 0 Å². The molecule has 1 aliphatic rings. The fourth-order valence-corrected chi connectivity index (χ4v) is 3.01. The highest BCUT2D eigenvalue weighted by Gasteiger charge is 2.11. The smallest absolute Gasteiger partial charge is 0.126 e. The van der Waals surface area contributed by atoms with E-state index in [1.165, 1.54) is 16.1 Å². The van der Waals surface area contributed by atoms with E-state index in [1.54, 1.807) is 11.3 Å². The quantitative estimate of drug-likeness (QED) is 0.939. The molecule has 20 heavy (non-hydrogen) atoms. The highest BCUT2D eigenvalue weighted by atomic mass is 32.1. The Morgan fingerprint density at radius 2 is 2.15 bits per heavy atom. The number of thiophene rings is 1. The van der Waals surface area contributed by atoms with E-state index in [-0.39, 0.29) is 0 Å². The molecule has 0 spiro atoms. The molecule has 0 aliphatic carbocycles. The molecule has 2 aromatic rings. The van der Waals surface area contributed by atoms with Gasteiger partial charge in [0, 0.05) is 24.5 Å². The van der Waals surface area contributed by atoms with E-state index < -0.39 is 0 Å². The van der Waals surface area contributed by atoms with Crippen molar-refractivity contribution in [2.45, 2.75) is 13.5 Å². The number of pyridine rings is 1. The molecule has 2 aromatic heterocycles. The number of hydrogen-bond acceptors (Lipinski definition) is 5. The predicted octanol–water partition coefficient (Wildman–Crippen LogP) is 2.90. The maximum absolute atomic E-state index is 5.36. The Morgan fingerprint density at radius 3 is 2.80 bits per heavy atom. The van der Waals surface area contributed by atoms with Crippen LogP contribution >= 0.6 is 11.3 Å². The van der Waals surface area contributed by atoms with Gasteiger partial charge >= 0.3 is 0 Å². The Hall–Kier alpha value is -1.59. The Morgan fingerprint density at radius 1 is 1.30 bits per heavy atom. The normalized spacial score (nSPS) is 15.3. The molecule has 1 fully saturated rings. The first kappa shape index (κ1) is 13.4. The summed E-state index contributed by atoms with van der Waals surface area (Å²) in [7, 11) is 0. The summed E-state index contributed by atoms with van der Waals surface area (Å²) in [6, 6.07) is 6.34. The highest BCUT2D eigenvalue weighted by molar-refractivity contribution is 7.10. The van der Waals surface area contributed by atoms with Crippen LogP contribution in [0.25, 0.3) is 0 Å². The zero-order chi connectivity index (χ0) is 13.8. The van der Waals surface area contributed by atoms with Gasteiger partial charge in [-0.15, -0.1) is 11.3 Å². The van der Waals surface area contributed by atoms with Gasteiger partial charge in [0.05, 0.1) is 25.1 Å². The summed E-state index contributed by atoms with van der Waals surface area (Å²) in [5.74, 6) is 0.924. The Bertz CT molecular complexity index is 547. The van der Waals surface area contributed by atoms with Gasteiger partial charge in [0.1, 0.15) is 5.82 Å². The second kappa shape index (κ2) is 6.24. The first-order valence-electron chi connectivity index (χ1n) is 6.88. The largest absolute Gasteiger partial charge is 0.378 e. The van der Waals surface area contributed by atoms with Gasteiger partial charge in [-0.1, -0.05) is 0 Å². The molecule has 1 saturated heterocycles. The van der Waals surface area contributed by atoms with Gasteiger partial charge in [0.25, 0.3) is 0 Å². The topological polar surface area (TPSA) is 37.4 Å². The molecular formula is C15H19N3OS. The molecule has 0 radical (unpaired) electrons. The number of anilines is 2. The fraction of sp³-hybridized carbons (Fsp3) is 0.400. The lowest BCUT2D eigenvalue weighted by molar-refractivity contribution is 0.122. The molecule has 1 aliphatic heterocycles. The van der Waals surface area contributed by atoms with E-state index in [2.05, 4.69) is 39.6 Å². The fourth-order valence-electron chi connectivity index (χ4n) is 2.28. The molecule has 5 heteroatoms. The summed E-state index contributed by atoms with van der Waals surface area (Å²) < 4.78 is 5.36. The SMILES string of the molecule is Cc1sccc1CNc1ccc(N2CCOCC2)cn1. The second-order valence-corrected chi connectivity index (χ2v) is 5.98. The summed E-state index contributed by atoms with van der Waals surface area (Å²) >= 11 is 1.78. The van der Waals surface area contributed by atoms with Crippen molar-refractivity contribution in [2.75, 3.05) is 36.5 Å². The van der Waals surface area contributed by atoms with Gasteiger partial charge in [0.2, 0.25) is 0 Å². The number of nitrogens with zero attached hydrogens (tertiary/aromatic N) is 2. The third-order valence-electron chi connectivity index (χ3n) is 3.55. The number of hydrogen-bond donors (Lipinski definition) is 1. The Balaban J connectivity index is 1.59. The van der Waals surface area contributed by atoms with Crippen LogP contribution in [0.15, 0.2) is 29.8 Å². The summed E-state index contributed by atoms with van der Waals surface area (Å²) in [4.78, 5) is 8.17. The molecule has 1 N–H and O–H groups in total. The number of ether oxygens (including phenoxy) is 1. The lowest BCUT2D eigenvalue weighted by Crippen LogP contribution is -2.36. The number of rotatable bonds is 4. The molecule has 3 heterocycles. The minimum absolute atomic E-state index is 0.803. The maximum atomic E-state index is 5.36. The number of nitrogens with one attached hydrogen (secondary N) is 1. The third-order valence-corrected chi connectivity index (χ3v) is 4.44. The summed E-state index contributed by atoms with van der Waals surface area (Å²) in [6.07, 6.45) is 1.94. The van der Waals surface area contributed by atoms with E-state index in [1.807, 2.05) is 12.3 Å². The summed E-state index contributed by atoms with van der Waals surface area (Å²) in [5.41, 5.74) is 2.51. The third kappa shape index (κ3) is 3.11. The standard InChI is InChI=1S/C15H19N3OS/c1-12-13(4-9-20-12)10-16-15-3-2-14(11-17-15)18-5-7-19-8-6-18/h2-4,9,11H,5-8,10H2,1H3,(H,16,17). The molecule has 0 amide bonds. The van der Waals surface area contributed by atoms with E-state index in [9.17, 15) is 0 Å². The van der Waals surface area contributed by atoms with Gasteiger partial charge in [-0.3, -0.25) is 0 Å². The number of morpholine rings is 1. The Labute approximate surface area is 123 Å². The van der Waals surface area contributed by atoms with Crippen LogP contribution in [-0.4, -0.2) is 31.3 Å². The second-order valence-electron chi connectivity index (χ2n) is 4.86. The minimum atomic E-state index is 0.803. The van der Waals surface area contributed by atoms with E-state index in [0.29, 0.717) is 0 Å². The van der Waals surface area contributed by atoms with E-state index >= 15 is 0 Å². The van der Waals surface area contributed by atoms with Crippen LogP contribution in [0.5, 0.6) is 0 Å². The lowest BCUT2D eigenvalue weighted by atomic mass is 10.2. The molecule has 0 aromatic carbocycles. The summed E-state index contributed by atoms with van der Waals surface area (Å²) in [6.45, 7) is 6.48. The monoisotopic (exact) mass is 289 g/mol. The zero-order valence-electron chi connectivity index (χ0n) is 11.6. The molecule has 106 valence electrons. The molecule has 4 nitrogen and oxygen atoms in total. The Kier molecular flexibility index (Phi) is 4.18. The zero-order valence-corrected chi connectivity index (χ0v) is 12.4. The van der Waals surface area contributed by atoms with Crippen molar-refractivity contribution in [3.63, 3.8) is 0 Å². The molecule has 0 bridgehead atoms. The molecule has 3 rings (SSSR count). The average Bonchev–Trinajstić information content (AvgIpc) is 2.92. The van der Waals surface area contributed by atoms with Crippen LogP contribution in [0.2, 0.25) is 0 Å². The van der Waals surface area contributed by atoms with Crippen LogP contribution in [0, 0.1) is 6.92 Å². The van der Waals surface area contributed by atoms with Gasteiger partial charge in [-0.05, 0) is 36.1 Å². The van der Waals surface area contributed by atoms with Gasteiger partial charge in [-0.2, -0.15) is 0 Å². The van der Waals surface area contributed by atoms with E-state index in [0.717, 1.165) is 38.7 Å². The van der Waals surface area contributed by atoms with Crippen molar-refractivity contribution in [3.05, 3.63) is 40.2 Å². The van der Waals surface area contributed by atoms with Crippen LogP contribution in [-0.2, 0) is 11.3 Å². The van der Waals surface area contributed by atoms with Crippen molar-refractivity contribution in [2.24, 2.45) is 0 Å². The first-order chi connectivity index (χ1) is 9.83. The minimum Gasteiger partial charge on any atom is -0.378 e. The van der Waals surface area contributed by atoms with Gasteiger partial charge in [-0.25, -0.2) is 4.98 Å². The van der Waals surface area contributed by atoms with Crippen LogP contribution in [0.4, 0.5) is 11.5 Å². The van der Waals surface area contributed by atoms with Crippen molar-refractivity contribution < 1.29 is 4.74 Å². The van der Waals surface area contributed by atoms with Crippen LogP contribution in [0.3, 0.4) is 0 Å². The number of aromatic nitrogens is 1. The molecule has 0 saturated carbocycles. The molecular weight excluding hydrogens is 270 g/mol. The van der Waals surface area contributed by atoms with Crippen molar-refractivity contribution in [3.8, 4) is 0 Å². The average molecular weight is 289 g/mol. The van der Waals surface area contributed by atoms with Gasteiger partial charge in [0.15, 0.2) is 0 Å². The van der Waals surface area contributed by atoms with Gasteiger partial charge < -0.3 is 15.0 Å². The van der Waals surface area contributed by atoms with Crippen LogP contribution in [0.1, 0.15) is 10.4 Å². The van der Waals surface area contributed by atoms with Crippen molar-refractivity contribution in [1.82, 2.24) is 4.98 Å². The highest BCUT2D eigenvalue weighted by Crippen LogP contribution is 2.19. The predicted molar refractivity (Wildman–Crippen MR) is 83.7 cm³/mol. The first-order valence-corrected chi connectivity index (χ1v) is 7.76. The van der Waals surface area contributed by atoms with E-state index in [4.69, 9.17) is 4.74 Å².